The number of carbonyl (C=O) groups is 2. The van der Waals surface area contributed by atoms with E-state index in [0.717, 1.165) is 22.0 Å². The topological polar surface area (TPSA) is 62.3 Å². The number of anilines is 2. The van der Waals surface area contributed by atoms with Gasteiger partial charge in [0, 0.05) is 29.1 Å². The van der Waals surface area contributed by atoms with Gasteiger partial charge in [-0.3, -0.25) is 9.59 Å². The zero-order valence-corrected chi connectivity index (χ0v) is 17.4. The Balaban J connectivity index is 1.47. The van der Waals surface area contributed by atoms with Crippen LogP contribution in [0.4, 0.5) is 15.8 Å². The van der Waals surface area contributed by atoms with Crippen molar-refractivity contribution in [3.05, 3.63) is 76.0 Å². The number of aromatic nitrogens is 1. The van der Waals surface area contributed by atoms with Gasteiger partial charge in [-0.25, -0.2) is 9.37 Å². The van der Waals surface area contributed by atoms with Gasteiger partial charge in [0.15, 0.2) is 0 Å². The van der Waals surface area contributed by atoms with E-state index in [-0.39, 0.29) is 30.0 Å². The maximum atomic E-state index is 13.4. The number of nitrogens with one attached hydrogen (secondary N) is 1. The van der Waals surface area contributed by atoms with Crippen LogP contribution in [0.25, 0.3) is 0 Å². The molecule has 0 spiro atoms. The zero-order chi connectivity index (χ0) is 21.1. The van der Waals surface area contributed by atoms with E-state index >= 15 is 0 Å². The Bertz CT molecular complexity index is 1060. The van der Waals surface area contributed by atoms with E-state index in [0.29, 0.717) is 25.1 Å². The molecule has 30 heavy (non-hydrogen) atoms. The molecule has 0 saturated carbocycles. The fraction of sp³-hybridized carbons (Fsp3) is 0.261. The van der Waals surface area contributed by atoms with Crippen molar-refractivity contribution < 1.29 is 14.0 Å². The minimum absolute atomic E-state index is 0.0510. The molecule has 1 aliphatic heterocycles. The van der Waals surface area contributed by atoms with Crippen LogP contribution < -0.4 is 10.2 Å². The van der Waals surface area contributed by atoms with Crippen molar-refractivity contribution >= 4 is 34.5 Å². The molecule has 0 aliphatic carbocycles. The minimum atomic E-state index is -0.354. The average molecular weight is 424 g/mol. The molecule has 2 heterocycles. The zero-order valence-electron chi connectivity index (χ0n) is 16.6. The molecular weight excluding hydrogens is 401 g/mol. The van der Waals surface area contributed by atoms with Crippen LogP contribution in [0.5, 0.6) is 0 Å². The number of aryl methyl sites for hydroxylation is 1. The minimum Gasteiger partial charge on any atom is -0.326 e. The highest BCUT2D eigenvalue weighted by molar-refractivity contribution is 7.09. The molecule has 1 aromatic heterocycles. The molecule has 4 rings (SSSR count). The van der Waals surface area contributed by atoms with E-state index < -0.39 is 0 Å². The summed E-state index contributed by atoms with van der Waals surface area (Å²) in [6, 6.07) is 13.6. The lowest BCUT2D eigenvalue weighted by Crippen LogP contribution is -2.34. The Kier molecular flexibility index (Phi) is 5.90. The monoisotopic (exact) mass is 423 g/mol. The van der Waals surface area contributed by atoms with Crippen LogP contribution in [0.1, 0.15) is 29.1 Å². The third-order valence-electron chi connectivity index (χ3n) is 5.25. The highest BCUT2D eigenvalue weighted by Crippen LogP contribution is 2.28. The first-order chi connectivity index (χ1) is 14.5. The summed E-state index contributed by atoms with van der Waals surface area (Å²) < 4.78 is 13.4. The molecule has 1 N–H and O–H groups in total. The number of benzene rings is 2. The summed E-state index contributed by atoms with van der Waals surface area (Å²) in [4.78, 5) is 31.6. The van der Waals surface area contributed by atoms with Crippen molar-refractivity contribution in [1.82, 2.24) is 4.98 Å². The van der Waals surface area contributed by atoms with Crippen molar-refractivity contribution in [3.63, 3.8) is 0 Å². The van der Waals surface area contributed by atoms with Gasteiger partial charge in [0.05, 0.1) is 17.2 Å². The van der Waals surface area contributed by atoms with Crippen molar-refractivity contribution in [2.45, 2.75) is 32.7 Å². The number of hydrogen-bond donors (Lipinski definition) is 1. The van der Waals surface area contributed by atoms with Crippen LogP contribution in [0.15, 0.2) is 53.9 Å². The van der Waals surface area contributed by atoms with Crippen molar-refractivity contribution in [3.8, 4) is 0 Å². The molecule has 0 radical (unpaired) electrons. The average Bonchev–Trinajstić information content (AvgIpc) is 3.16. The predicted molar refractivity (Wildman–Crippen MR) is 116 cm³/mol. The first-order valence-electron chi connectivity index (χ1n) is 9.85. The summed E-state index contributed by atoms with van der Waals surface area (Å²) >= 11 is 1.52. The number of para-hydroxylation sites is 1. The Morgan fingerprint density at radius 2 is 2.00 bits per heavy atom. The Morgan fingerprint density at radius 1 is 1.23 bits per heavy atom. The summed E-state index contributed by atoms with van der Waals surface area (Å²) in [5, 5.41) is 5.78. The van der Waals surface area contributed by atoms with Gasteiger partial charge in [-0.1, -0.05) is 18.2 Å². The van der Waals surface area contributed by atoms with Crippen LogP contribution in [0, 0.1) is 18.7 Å². The maximum Gasteiger partial charge on any atom is 0.227 e. The van der Waals surface area contributed by atoms with Crippen LogP contribution in [-0.2, 0) is 22.6 Å². The highest BCUT2D eigenvalue weighted by atomic mass is 32.1. The van der Waals surface area contributed by atoms with E-state index in [2.05, 4.69) is 10.3 Å². The van der Waals surface area contributed by atoms with E-state index in [9.17, 15) is 14.0 Å². The third-order valence-corrected chi connectivity index (χ3v) is 6.07. The molecule has 3 aromatic rings. The summed E-state index contributed by atoms with van der Waals surface area (Å²) in [7, 11) is 0. The summed E-state index contributed by atoms with van der Waals surface area (Å²) in [5.74, 6) is -0.766. The van der Waals surface area contributed by atoms with Gasteiger partial charge in [-0.05, 0) is 55.7 Å². The predicted octanol–water partition coefficient (Wildman–Crippen LogP) is 4.72. The number of nitrogens with zero attached hydrogens (tertiary/aromatic N) is 2. The van der Waals surface area contributed by atoms with E-state index in [1.54, 1.807) is 17.0 Å². The largest absolute Gasteiger partial charge is 0.326 e. The first kappa shape index (κ1) is 20.2. The van der Waals surface area contributed by atoms with Gasteiger partial charge < -0.3 is 10.2 Å². The van der Waals surface area contributed by atoms with Gasteiger partial charge in [-0.15, -0.1) is 11.3 Å². The van der Waals surface area contributed by atoms with Crippen molar-refractivity contribution in [1.29, 1.82) is 0 Å². The van der Waals surface area contributed by atoms with Gasteiger partial charge >= 0.3 is 0 Å². The molecule has 1 unspecified atom stereocenters. The lowest BCUT2D eigenvalue weighted by atomic mass is 9.89. The molecule has 0 bridgehead atoms. The quantitative estimate of drug-likeness (QED) is 0.624. The second-order valence-corrected chi connectivity index (χ2v) is 8.46. The van der Waals surface area contributed by atoms with E-state index in [1.807, 2.05) is 36.6 Å². The van der Waals surface area contributed by atoms with Crippen molar-refractivity contribution in [2.24, 2.45) is 5.92 Å². The number of amides is 2. The smallest absolute Gasteiger partial charge is 0.227 e. The SMILES string of the molecule is Cc1nc(CN(C(=O)CCC2Cc3ccccc3NC2=O)c2ccc(F)cc2)cs1. The molecule has 154 valence electrons. The summed E-state index contributed by atoms with van der Waals surface area (Å²) in [5.41, 5.74) is 3.34. The Labute approximate surface area is 178 Å². The number of fused-ring (bicyclic) bond motifs is 1. The van der Waals surface area contributed by atoms with Crippen LogP contribution in [-0.4, -0.2) is 16.8 Å². The summed E-state index contributed by atoms with van der Waals surface area (Å²) in [6.07, 6.45) is 1.30. The molecule has 7 heteroatoms. The van der Waals surface area contributed by atoms with Gasteiger partial charge in [0.25, 0.3) is 0 Å². The fourth-order valence-corrected chi connectivity index (χ4v) is 4.27. The maximum absolute atomic E-state index is 13.4. The third kappa shape index (κ3) is 4.57. The van der Waals surface area contributed by atoms with Gasteiger partial charge in [0.2, 0.25) is 11.8 Å². The fourth-order valence-electron chi connectivity index (χ4n) is 3.67. The number of thiazole rings is 1. The molecule has 5 nitrogen and oxygen atoms in total. The Morgan fingerprint density at radius 3 is 2.73 bits per heavy atom. The normalized spacial score (nSPS) is 15.4. The van der Waals surface area contributed by atoms with Crippen LogP contribution in [0.3, 0.4) is 0 Å². The standard InChI is InChI=1S/C23H22FN3O2S/c1-15-25-19(14-30-15)13-27(20-9-7-18(24)8-10-20)22(28)11-6-17-12-16-4-2-3-5-21(16)26-23(17)29/h2-5,7-10,14,17H,6,11-13H2,1H3,(H,26,29). The molecule has 0 saturated heterocycles. The molecular formula is C23H22FN3O2S. The number of halogens is 1. The summed E-state index contributed by atoms with van der Waals surface area (Å²) in [6.45, 7) is 2.23. The number of rotatable bonds is 6. The molecule has 1 atom stereocenters. The lowest BCUT2D eigenvalue weighted by Gasteiger charge is -2.26. The number of carbonyl (C=O) groups excluding carboxylic acids is 2. The molecule has 2 aromatic carbocycles. The Hall–Kier alpha value is -3.06. The highest BCUT2D eigenvalue weighted by Gasteiger charge is 2.27. The van der Waals surface area contributed by atoms with Crippen molar-refractivity contribution in [2.75, 3.05) is 10.2 Å². The van der Waals surface area contributed by atoms with Crippen LogP contribution >= 0.6 is 11.3 Å². The molecule has 2 amide bonds. The second kappa shape index (κ2) is 8.75. The molecule has 1 aliphatic rings. The van der Waals surface area contributed by atoms with Crippen LogP contribution in [0.2, 0.25) is 0 Å². The lowest BCUT2D eigenvalue weighted by molar-refractivity contribution is -0.121. The first-order valence-corrected chi connectivity index (χ1v) is 10.7. The number of hydrogen-bond acceptors (Lipinski definition) is 4. The molecule has 0 fully saturated rings. The van der Waals surface area contributed by atoms with Gasteiger partial charge in [-0.2, -0.15) is 0 Å². The van der Waals surface area contributed by atoms with Gasteiger partial charge in [0.1, 0.15) is 5.82 Å². The van der Waals surface area contributed by atoms with E-state index in [1.165, 1.54) is 23.5 Å². The van der Waals surface area contributed by atoms with E-state index in [4.69, 9.17) is 0 Å². The second-order valence-electron chi connectivity index (χ2n) is 7.40.